The fourth-order valence-electron chi connectivity index (χ4n) is 10.3. The minimum atomic E-state index is -0.994. The quantitative estimate of drug-likeness (QED) is 0.268. The number of benzene rings is 3. The number of anilines is 2. The predicted octanol–water partition coefficient (Wildman–Crippen LogP) is 5.40. The summed E-state index contributed by atoms with van der Waals surface area (Å²) in [5, 5.41) is 14.9. The summed E-state index contributed by atoms with van der Waals surface area (Å²) < 4.78 is 22.0. The molecule has 1 aliphatic carbocycles. The number of hydrogen-bond acceptors (Lipinski definition) is 10. The first-order chi connectivity index (χ1) is 28.6. The first-order valence-electron chi connectivity index (χ1n) is 20.6. The van der Waals surface area contributed by atoms with Crippen LogP contribution in [0.5, 0.6) is 5.75 Å². The lowest BCUT2D eigenvalue weighted by atomic mass is 9.49. The Morgan fingerprint density at radius 2 is 1.58 bits per heavy atom. The van der Waals surface area contributed by atoms with E-state index in [1.807, 2.05) is 39.8 Å². The number of carbonyl (C=O) groups excluding carboxylic acids is 5. The number of rotatable bonds is 9. The molecular weight excluding hydrogens is 789 g/mol. The largest absolute Gasteiger partial charge is 0.489 e. The van der Waals surface area contributed by atoms with Crippen LogP contribution < -0.4 is 25.2 Å². The van der Waals surface area contributed by atoms with Gasteiger partial charge in [0.1, 0.15) is 29.8 Å². The summed E-state index contributed by atoms with van der Waals surface area (Å²) in [4.78, 5) is 71.7. The highest BCUT2D eigenvalue weighted by Gasteiger charge is 2.64. The molecule has 0 bridgehead atoms. The zero-order chi connectivity index (χ0) is 42.7. The number of fused-ring (bicyclic) bond motifs is 1. The van der Waals surface area contributed by atoms with Crippen molar-refractivity contribution in [3.8, 4) is 11.8 Å². The summed E-state index contributed by atoms with van der Waals surface area (Å²) >= 11 is 6.23. The highest BCUT2D eigenvalue weighted by atomic mass is 35.5. The Balaban J connectivity index is 0.805. The van der Waals surface area contributed by atoms with Gasteiger partial charge in [-0.3, -0.25) is 39.1 Å². The van der Waals surface area contributed by atoms with Crippen molar-refractivity contribution in [3.05, 3.63) is 87.7 Å². The number of amides is 5. The van der Waals surface area contributed by atoms with Crippen molar-refractivity contribution in [1.82, 2.24) is 20.4 Å². The number of nitrogens with one attached hydrogen (secondary N) is 2. The average Bonchev–Trinajstić information content (AvgIpc) is 3.47. The molecule has 1 saturated carbocycles. The molecule has 0 spiro atoms. The normalized spacial score (nSPS) is 24.1. The fourth-order valence-corrected chi connectivity index (χ4v) is 10.5. The Morgan fingerprint density at radius 1 is 0.883 bits per heavy atom. The van der Waals surface area contributed by atoms with E-state index in [1.54, 1.807) is 42.5 Å². The zero-order valence-corrected chi connectivity index (χ0v) is 35.0. The van der Waals surface area contributed by atoms with E-state index in [9.17, 15) is 29.2 Å². The number of carbonyl (C=O) groups is 5. The Hall–Kier alpha value is -5.52. The number of imide groups is 2. The van der Waals surface area contributed by atoms with Crippen LogP contribution in [0.25, 0.3) is 0 Å². The second-order valence-electron chi connectivity index (χ2n) is 17.9. The molecule has 3 aromatic rings. The van der Waals surface area contributed by atoms with Crippen LogP contribution in [0.1, 0.15) is 90.0 Å². The Bertz CT molecular complexity index is 2300. The lowest BCUT2D eigenvalue weighted by molar-refractivity contribution is -0.164. The average molecular weight is 838 g/mol. The summed E-state index contributed by atoms with van der Waals surface area (Å²) in [7, 11) is 0. The van der Waals surface area contributed by atoms with Crippen LogP contribution in [0.3, 0.4) is 0 Å². The van der Waals surface area contributed by atoms with Crippen molar-refractivity contribution in [2.24, 2.45) is 16.7 Å². The Morgan fingerprint density at radius 3 is 2.23 bits per heavy atom. The van der Waals surface area contributed by atoms with Gasteiger partial charge in [-0.1, -0.05) is 39.3 Å². The molecule has 3 saturated heterocycles. The smallest absolute Gasteiger partial charge is 0.262 e. The third kappa shape index (κ3) is 7.47. The SMILES string of the molecule is CC1(C)C(NC(=O)c2ccc(N3CCC(CN4CCN(c5ccc6c(c5)C(=O)N(C5CCC(=O)NC5=O)C6=O)CC4)CC3)c(F)c2)C(C)(C)C1Oc1ccc(C#N)c(Cl)c1. The van der Waals surface area contributed by atoms with Crippen LogP contribution in [0.2, 0.25) is 5.02 Å². The predicted molar refractivity (Wildman–Crippen MR) is 223 cm³/mol. The summed E-state index contributed by atoms with van der Waals surface area (Å²) in [6.07, 6.45) is 1.76. The number of hydrogen-bond donors (Lipinski definition) is 2. The molecule has 8 rings (SSSR count). The number of piperidine rings is 2. The number of piperazine rings is 1. The van der Waals surface area contributed by atoms with Gasteiger partial charge in [-0.15, -0.1) is 0 Å². The van der Waals surface area contributed by atoms with E-state index in [4.69, 9.17) is 16.3 Å². The summed E-state index contributed by atoms with van der Waals surface area (Å²) in [5.74, 6) is -1.82. The van der Waals surface area contributed by atoms with Gasteiger partial charge in [0, 0.05) is 86.4 Å². The van der Waals surface area contributed by atoms with Crippen LogP contribution in [0.4, 0.5) is 15.8 Å². The van der Waals surface area contributed by atoms with E-state index < -0.39 is 46.3 Å². The number of halogens is 2. The highest BCUT2D eigenvalue weighted by molar-refractivity contribution is 6.31. The molecule has 4 fully saturated rings. The first-order valence-corrected chi connectivity index (χ1v) is 21.0. The Labute approximate surface area is 353 Å². The van der Waals surface area contributed by atoms with E-state index in [0.29, 0.717) is 41.0 Å². The molecule has 5 aliphatic rings. The molecule has 4 heterocycles. The van der Waals surface area contributed by atoms with Gasteiger partial charge in [-0.2, -0.15) is 5.26 Å². The summed E-state index contributed by atoms with van der Waals surface area (Å²) in [6.45, 7) is 13.6. The van der Waals surface area contributed by atoms with Crippen LogP contribution in [-0.2, 0) is 9.59 Å². The van der Waals surface area contributed by atoms with Crippen LogP contribution >= 0.6 is 11.6 Å². The zero-order valence-electron chi connectivity index (χ0n) is 34.2. The number of nitriles is 1. The minimum Gasteiger partial charge on any atom is -0.489 e. The summed E-state index contributed by atoms with van der Waals surface area (Å²) in [6, 6.07) is 15.7. The van der Waals surface area contributed by atoms with Gasteiger partial charge >= 0.3 is 0 Å². The lowest BCUT2D eigenvalue weighted by Crippen LogP contribution is -2.74. The maximum absolute atomic E-state index is 15.7. The molecule has 4 aliphatic heterocycles. The van der Waals surface area contributed by atoms with Crippen molar-refractivity contribution in [2.45, 2.75) is 71.6 Å². The molecule has 5 amide bonds. The molecule has 0 radical (unpaired) electrons. The third-order valence-corrected chi connectivity index (χ3v) is 13.6. The molecule has 1 atom stereocenters. The second-order valence-corrected chi connectivity index (χ2v) is 18.3. The number of ether oxygens (including phenoxy) is 1. The van der Waals surface area contributed by atoms with Gasteiger partial charge < -0.3 is 19.9 Å². The molecule has 314 valence electrons. The van der Waals surface area contributed by atoms with Crippen molar-refractivity contribution in [1.29, 1.82) is 5.26 Å². The van der Waals surface area contributed by atoms with Gasteiger partial charge in [0.25, 0.3) is 17.7 Å². The molecule has 3 aromatic carbocycles. The van der Waals surface area contributed by atoms with Gasteiger partial charge in [0.2, 0.25) is 11.8 Å². The fraction of sp³-hybridized carbons (Fsp3) is 0.467. The van der Waals surface area contributed by atoms with Gasteiger partial charge in [0.05, 0.1) is 27.4 Å². The topological polar surface area (TPSA) is 155 Å². The lowest BCUT2D eigenvalue weighted by Gasteiger charge is -2.63. The maximum Gasteiger partial charge on any atom is 0.262 e. The molecule has 0 aromatic heterocycles. The second kappa shape index (κ2) is 15.8. The van der Waals surface area contributed by atoms with Crippen molar-refractivity contribution < 1.29 is 33.1 Å². The van der Waals surface area contributed by atoms with Gasteiger partial charge in [-0.05, 0) is 73.7 Å². The van der Waals surface area contributed by atoms with E-state index in [2.05, 4.69) is 25.3 Å². The molecular formula is C45H49ClFN7O6. The highest BCUT2D eigenvalue weighted by Crippen LogP contribution is 2.55. The van der Waals surface area contributed by atoms with Crippen LogP contribution in [0.15, 0.2) is 54.6 Å². The molecule has 1 unspecified atom stereocenters. The Kier molecular flexibility index (Phi) is 10.9. The van der Waals surface area contributed by atoms with E-state index in [1.165, 1.54) is 6.07 Å². The molecule has 15 heteroatoms. The number of nitrogens with zero attached hydrogens (tertiary/aromatic N) is 5. The van der Waals surface area contributed by atoms with E-state index >= 15 is 4.39 Å². The van der Waals surface area contributed by atoms with Crippen molar-refractivity contribution in [2.75, 3.05) is 55.6 Å². The van der Waals surface area contributed by atoms with Crippen molar-refractivity contribution in [3.63, 3.8) is 0 Å². The molecule has 2 N–H and O–H groups in total. The van der Waals surface area contributed by atoms with E-state index in [-0.39, 0.29) is 47.6 Å². The van der Waals surface area contributed by atoms with E-state index in [0.717, 1.165) is 56.2 Å². The van der Waals surface area contributed by atoms with Crippen LogP contribution in [0, 0.1) is 33.9 Å². The summed E-state index contributed by atoms with van der Waals surface area (Å²) in [5.41, 5.74) is 1.61. The van der Waals surface area contributed by atoms with Crippen molar-refractivity contribution >= 4 is 52.5 Å². The van der Waals surface area contributed by atoms with Crippen LogP contribution in [-0.4, -0.2) is 103 Å². The van der Waals surface area contributed by atoms with Gasteiger partial charge in [-0.25, -0.2) is 4.39 Å². The third-order valence-electron chi connectivity index (χ3n) is 13.3. The molecule has 13 nitrogen and oxygen atoms in total. The molecule has 60 heavy (non-hydrogen) atoms. The first kappa shape index (κ1) is 41.2. The standard InChI is InChI=1S/C45H49ClFN7O6/c1-44(2)42(45(3,4)43(44)60-30-8-5-28(24-48)33(46)23-30)50-38(56)27-6-10-35(34(47)21-27)53-15-13-26(14-16-53)25-51-17-19-52(20-18-51)29-7-9-31-32(22-29)41(59)54(40(31)58)36-11-12-37(55)49-39(36)57/h5-10,21-23,26,36,42-43H,11-20,25H2,1-4H3,(H,50,56)(H,49,55,57). The maximum atomic E-state index is 15.7. The monoisotopic (exact) mass is 837 g/mol. The van der Waals surface area contributed by atoms with Gasteiger partial charge in [0.15, 0.2) is 0 Å². The minimum absolute atomic E-state index is 0.0748.